The minimum Gasteiger partial charge on any atom is -0.354 e. The van der Waals surface area contributed by atoms with Crippen LogP contribution in [-0.4, -0.2) is 53.6 Å². The van der Waals surface area contributed by atoms with Crippen molar-refractivity contribution in [3.63, 3.8) is 0 Å². The summed E-state index contributed by atoms with van der Waals surface area (Å²) in [6, 6.07) is 13.6. The van der Waals surface area contributed by atoms with Crippen LogP contribution in [0.2, 0.25) is 0 Å². The molecule has 1 aromatic carbocycles. The first kappa shape index (κ1) is 18.2. The van der Waals surface area contributed by atoms with E-state index in [9.17, 15) is 0 Å². The molecule has 3 heterocycles. The van der Waals surface area contributed by atoms with Gasteiger partial charge >= 0.3 is 0 Å². The third kappa shape index (κ3) is 4.41. The molecule has 0 aliphatic carbocycles. The van der Waals surface area contributed by atoms with Gasteiger partial charge in [-0.1, -0.05) is 37.3 Å². The Kier molecular flexibility index (Phi) is 5.87. The van der Waals surface area contributed by atoms with E-state index in [0.29, 0.717) is 6.04 Å². The normalized spacial score (nSPS) is 21.4. The lowest BCUT2D eigenvalue weighted by atomic mass is 10.00. The molecule has 1 atom stereocenters. The van der Waals surface area contributed by atoms with Crippen LogP contribution in [0, 0.1) is 0 Å². The SMILES string of the molecule is CCC1CCCCN1c1cc(N2CCN(Cc3ccccc3)CC2)ncn1. The molecule has 2 aliphatic heterocycles. The minimum atomic E-state index is 0.629. The summed E-state index contributed by atoms with van der Waals surface area (Å²) in [5.74, 6) is 2.19. The number of anilines is 2. The van der Waals surface area contributed by atoms with Crippen LogP contribution >= 0.6 is 0 Å². The van der Waals surface area contributed by atoms with E-state index in [0.717, 1.165) is 50.9 Å². The number of aromatic nitrogens is 2. The second-order valence-corrected chi connectivity index (χ2v) is 7.73. The van der Waals surface area contributed by atoms with Crippen molar-refractivity contribution in [2.45, 2.75) is 45.2 Å². The molecule has 5 nitrogen and oxygen atoms in total. The number of hydrogen-bond acceptors (Lipinski definition) is 5. The number of rotatable bonds is 5. The van der Waals surface area contributed by atoms with E-state index in [-0.39, 0.29) is 0 Å². The molecule has 2 fully saturated rings. The summed E-state index contributed by atoms with van der Waals surface area (Å²) in [6.07, 6.45) is 6.85. The molecule has 144 valence electrons. The molecule has 0 amide bonds. The van der Waals surface area contributed by atoms with Crippen molar-refractivity contribution in [1.82, 2.24) is 14.9 Å². The first-order valence-corrected chi connectivity index (χ1v) is 10.4. The number of piperidine rings is 1. The van der Waals surface area contributed by atoms with E-state index in [1.807, 2.05) is 0 Å². The average molecular weight is 366 g/mol. The lowest BCUT2D eigenvalue weighted by Crippen LogP contribution is -2.46. The zero-order chi connectivity index (χ0) is 18.5. The maximum atomic E-state index is 4.60. The third-order valence-corrected chi connectivity index (χ3v) is 5.98. The van der Waals surface area contributed by atoms with E-state index < -0.39 is 0 Å². The third-order valence-electron chi connectivity index (χ3n) is 5.98. The second-order valence-electron chi connectivity index (χ2n) is 7.73. The van der Waals surface area contributed by atoms with Crippen LogP contribution < -0.4 is 9.80 Å². The monoisotopic (exact) mass is 365 g/mol. The maximum absolute atomic E-state index is 4.60. The van der Waals surface area contributed by atoms with Gasteiger partial charge in [-0.15, -0.1) is 0 Å². The van der Waals surface area contributed by atoms with Gasteiger partial charge in [0.1, 0.15) is 18.0 Å². The van der Waals surface area contributed by atoms with Gasteiger partial charge in [-0.3, -0.25) is 4.90 Å². The Labute approximate surface area is 163 Å². The number of piperazine rings is 1. The van der Waals surface area contributed by atoms with Gasteiger partial charge in [-0.2, -0.15) is 0 Å². The highest BCUT2D eigenvalue weighted by atomic mass is 15.3. The standard InChI is InChI=1S/C22H31N5/c1-2-20-10-6-7-11-27(20)22-16-21(23-18-24-22)26-14-12-25(13-15-26)17-19-8-4-3-5-9-19/h3-5,8-9,16,18,20H,2,6-7,10-15,17H2,1H3. The summed E-state index contributed by atoms with van der Waals surface area (Å²) >= 11 is 0. The summed E-state index contributed by atoms with van der Waals surface area (Å²) in [4.78, 5) is 16.6. The summed E-state index contributed by atoms with van der Waals surface area (Å²) < 4.78 is 0. The molecule has 0 saturated carbocycles. The van der Waals surface area contributed by atoms with Gasteiger partial charge < -0.3 is 9.80 Å². The molecule has 0 radical (unpaired) electrons. The summed E-state index contributed by atoms with van der Waals surface area (Å²) in [5, 5.41) is 0. The van der Waals surface area contributed by atoms with Crippen LogP contribution in [0.1, 0.15) is 38.2 Å². The molecule has 27 heavy (non-hydrogen) atoms. The Morgan fingerprint density at radius 1 is 0.926 bits per heavy atom. The van der Waals surface area contributed by atoms with Gasteiger partial charge in [0, 0.05) is 51.4 Å². The molecule has 1 unspecified atom stereocenters. The molecule has 1 aromatic heterocycles. The Balaban J connectivity index is 1.38. The fourth-order valence-electron chi connectivity index (χ4n) is 4.37. The molecule has 0 spiro atoms. The highest BCUT2D eigenvalue weighted by molar-refractivity contribution is 5.51. The molecule has 2 aromatic rings. The van der Waals surface area contributed by atoms with Gasteiger partial charge in [0.15, 0.2) is 0 Å². The van der Waals surface area contributed by atoms with E-state index in [2.05, 4.69) is 68.0 Å². The van der Waals surface area contributed by atoms with Crippen LogP contribution in [0.3, 0.4) is 0 Å². The number of hydrogen-bond donors (Lipinski definition) is 0. The molecule has 0 N–H and O–H groups in total. The lowest BCUT2D eigenvalue weighted by Gasteiger charge is -2.38. The first-order valence-electron chi connectivity index (χ1n) is 10.4. The quantitative estimate of drug-likeness (QED) is 0.809. The van der Waals surface area contributed by atoms with E-state index in [1.165, 1.54) is 31.2 Å². The van der Waals surface area contributed by atoms with Gasteiger partial charge in [0.25, 0.3) is 0 Å². The van der Waals surface area contributed by atoms with Gasteiger partial charge in [-0.25, -0.2) is 9.97 Å². The average Bonchev–Trinajstić information content (AvgIpc) is 2.75. The molecule has 2 saturated heterocycles. The highest BCUT2D eigenvalue weighted by Crippen LogP contribution is 2.27. The maximum Gasteiger partial charge on any atom is 0.134 e. The molecule has 4 rings (SSSR count). The van der Waals surface area contributed by atoms with Crippen LogP contribution in [0.5, 0.6) is 0 Å². The Bertz CT molecular complexity index is 712. The van der Waals surface area contributed by atoms with Crippen molar-refractivity contribution in [2.24, 2.45) is 0 Å². The summed E-state index contributed by atoms with van der Waals surface area (Å²) in [5.41, 5.74) is 1.39. The molecular formula is C22H31N5. The van der Waals surface area contributed by atoms with Crippen molar-refractivity contribution in [1.29, 1.82) is 0 Å². The van der Waals surface area contributed by atoms with Crippen molar-refractivity contribution in [3.05, 3.63) is 48.3 Å². The van der Waals surface area contributed by atoms with Crippen LogP contribution in [-0.2, 0) is 6.54 Å². The van der Waals surface area contributed by atoms with Crippen molar-refractivity contribution in [3.8, 4) is 0 Å². The zero-order valence-corrected chi connectivity index (χ0v) is 16.4. The number of nitrogens with zero attached hydrogens (tertiary/aromatic N) is 5. The van der Waals surface area contributed by atoms with Crippen LogP contribution in [0.25, 0.3) is 0 Å². The number of benzene rings is 1. The summed E-state index contributed by atoms with van der Waals surface area (Å²) in [7, 11) is 0. The largest absolute Gasteiger partial charge is 0.354 e. The molecule has 5 heteroatoms. The fourth-order valence-corrected chi connectivity index (χ4v) is 4.37. The Morgan fingerprint density at radius 3 is 2.48 bits per heavy atom. The first-order chi connectivity index (χ1) is 13.3. The second kappa shape index (κ2) is 8.70. The molecule has 2 aliphatic rings. The smallest absolute Gasteiger partial charge is 0.134 e. The van der Waals surface area contributed by atoms with Gasteiger partial charge in [0.05, 0.1) is 0 Å². The van der Waals surface area contributed by atoms with E-state index in [1.54, 1.807) is 6.33 Å². The van der Waals surface area contributed by atoms with Crippen LogP contribution in [0.4, 0.5) is 11.6 Å². The Morgan fingerprint density at radius 2 is 1.70 bits per heavy atom. The van der Waals surface area contributed by atoms with Crippen molar-refractivity contribution in [2.75, 3.05) is 42.5 Å². The lowest BCUT2D eigenvalue weighted by molar-refractivity contribution is 0.249. The highest BCUT2D eigenvalue weighted by Gasteiger charge is 2.24. The van der Waals surface area contributed by atoms with Crippen molar-refractivity contribution >= 4 is 11.6 Å². The zero-order valence-electron chi connectivity index (χ0n) is 16.4. The molecular weight excluding hydrogens is 334 g/mol. The predicted octanol–water partition coefficient (Wildman–Crippen LogP) is 3.57. The van der Waals surface area contributed by atoms with Gasteiger partial charge in [0.2, 0.25) is 0 Å². The van der Waals surface area contributed by atoms with Crippen LogP contribution in [0.15, 0.2) is 42.7 Å². The van der Waals surface area contributed by atoms with E-state index in [4.69, 9.17) is 0 Å². The summed E-state index contributed by atoms with van der Waals surface area (Å²) in [6.45, 7) is 8.67. The predicted molar refractivity (Wildman–Crippen MR) is 111 cm³/mol. The van der Waals surface area contributed by atoms with Crippen molar-refractivity contribution < 1.29 is 0 Å². The fraction of sp³-hybridized carbons (Fsp3) is 0.545. The minimum absolute atomic E-state index is 0.629. The van der Waals surface area contributed by atoms with E-state index >= 15 is 0 Å². The molecule has 0 bridgehead atoms. The Hall–Kier alpha value is -2.14. The topological polar surface area (TPSA) is 35.5 Å². The van der Waals surface area contributed by atoms with Gasteiger partial charge in [-0.05, 0) is 31.2 Å².